The molecule has 1 amide bonds. The van der Waals surface area contributed by atoms with Gasteiger partial charge in [0.15, 0.2) is 5.78 Å². The molecule has 1 heterocycles. The largest absolute Gasteiger partial charge is 0.344 e. The van der Waals surface area contributed by atoms with Gasteiger partial charge in [0, 0.05) is 37.5 Å². The maximum atomic E-state index is 11.8. The van der Waals surface area contributed by atoms with E-state index >= 15 is 0 Å². The van der Waals surface area contributed by atoms with Gasteiger partial charge in [0.25, 0.3) is 0 Å². The number of likely N-dealkylation sites (N-methyl/N-ethyl adjacent to an activating group) is 1. The number of aromatic nitrogens is 1. The van der Waals surface area contributed by atoms with Crippen LogP contribution in [0, 0.1) is 5.92 Å². The predicted octanol–water partition coefficient (Wildman–Crippen LogP) is 1.56. The van der Waals surface area contributed by atoms with Gasteiger partial charge < -0.3 is 9.47 Å². The molecule has 0 spiro atoms. The van der Waals surface area contributed by atoms with Gasteiger partial charge in [0.1, 0.15) is 6.54 Å². The van der Waals surface area contributed by atoms with Crippen LogP contribution in [-0.4, -0.2) is 34.7 Å². The number of carbonyl (C=O) groups is 2. The normalized spacial score (nSPS) is 14.7. The first-order chi connectivity index (χ1) is 8.11. The zero-order chi connectivity index (χ0) is 12.4. The molecule has 92 valence electrons. The number of hydrogen-bond acceptors (Lipinski definition) is 2. The van der Waals surface area contributed by atoms with Crippen LogP contribution in [0.25, 0.3) is 0 Å². The van der Waals surface area contributed by atoms with E-state index in [0.29, 0.717) is 13.1 Å². The summed E-state index contributed by atoms with van der Waals surface area (Å²) in [5.74, 6) is 0.522. The molecule has 0 saturated heterocycles. The minimum Gasteiger partial charge on any atom is -0.344 e. The Morgan fingerprint density at radius 1 is 1.47 bits per heavy atom. The molecule has 4 nitrogen and oxygen atoms in total. The van der Waals surface area contributed by atoms with Crippen LogP contribution in [0.15, 0.2) is 18.5 Å². The third kappa shape index (κ3) is 2.75. The van der Waals surface area contributed by atoms with E-state index in [2.05, 4.69) is 0 Å². The molecule has 1 aromatic heterocycles. The Morgan fingerprint density at radius 2 is 2.18 bits per heavy atom. The number of Topliss-reactive ketones (excluding diaryl/α,β-unsaturated/α-hetero) is 1. The summed E-state index contributed by atoms with van der Waals surface area (Å²) in [6.45, 7) is 2.95. The average molecular weight is 234 g/mol. The molecule has 0 aromatic carbocycles. The summed E-state index contributed by atoms with van der Waals surface area (Å²) in [4.78, 5) is 25.1. The highest BCUT2D eigenvalue weighted by atomic mass is 16.2. The lowest BCUT2D eigenvalue weighted by Gasteiger charge is -2.14. The third-order valence-electron chi connectivity index (χ3n) is 3.20. The highest BCUT2D eigenvalue weighted by molar-refractivity contribution is 5.99. The molecule has 1 fully saturated rings. The lowest BCUT2D eigenvalue weighted by molar-refractivity contribution is -0.130. The van der Waals surface area contributed by atoms with Gasteiger partial charge in [0.05, 0.1) is 0 Å². The summed E-state index contributed by atoms with van der Waals surface area (Å²) < 4.78 is 1.78. The van der Waals surface area contributed by atoms with Crippen molar-refractivity contribution in [2.45, 2.75) is 26.3 Å². The highest BCUT2D eigenvalue weighted by Gasteiger charge is 2.30. The first-order valence-corrected chi connectivity index (χ1v) is 6.05. The Hall–Kier alpha value is -1.58. The predicted molar refractivity (Wildman–Crippen MR) is 64.8 cm³/mol. The topological polar surface area (TPSA) is 42.3 Å². The molecule has 1 aliphatic rings. The van der Waals surface area contributed by atoms with Crippen molar-refractivity contribution in [3.05, 3.63) is 24.0 Å². The summed E-state index contributed by atoms with van der Waals surface area (Å²) in [7, 11) is 1.78. The minimum atomic E-state index is 0.0634. The van der Waals surface area contributed by atoms with Crippen LogP contribution < -0.4 is 0 Å². The summed E-state index contributed by atoms with van der Waals surface area (Å²) in [5.41, 5.74) is 0.736. The lowest BCUT2D eigenvalue weighted by atomic mass is 10.1. The van der Waals surface area contributed by atoms with E-state index < -0.39 is 0 Å². The van der Waals surface area contributed by atoms with Crippen LogP contribution in [-0.2, 0) is 11.3 Å². The Labute approximate surface area is 101 Å². The van der Waals surface area contributed by atoms with Gasteiger partial charge >= 0.3 is 0 Å². The molecule has 17 heavy (non-hydrogen) atoms. The standard InChI is InChI=1S/C13H18N2O2/c1-3-14(2)12(16)9-15-7-6-11(8-15)13(17)10-4-5-10/h6-8,10H,3-5,9H2,1-2H3. The third-order valence-corrected chi connectivity index (χ3v) is 3.20. The molecule has 0 atom stereocenters. The Kier molecular flexibility index (Phi) is 3.31. The fourth-order valence-corrected chi connectivity index (χ4v) is 1.72. The second kappa shape index (κ2) is 4.73. The van der Waals surface area contributed by atoms with Crippen LogP contribution in [0.1, 0.15) is 30.1 Å². The number of carbonyl (C=O) groups excluding carboxylic acids is 2. The van der Waals surface area contributed by atoms with Gasteiger partial charge in [-0.05, 0) is 25.8 Å². The molecular weight excluding hydrogens is 216 g/mol. The summed E-state index contributed by atoms with van der Waals surface area (Å²) in [6.07, 6.45) is 5.61. The van der Waals surface area contributed by atoms with Gasteiger partial charge in [-0.1, -0.05) is 0 Å². The van der Waals surface area contributed by atoms with Crippen molar-refractivity contribution in [2.75, 3.05) is 13.6 Å². The molecule has 0 bridgehead atoms. The van der Waals surface area contributed by atoms with E-state index in [0.717, 1.165) is 18.4 Å². The Bertz CT molecular complexity index is 432. The molecule has 0 unspecified atom stereocenters. The minimum absolute atomic E-state index is 0.0634. The zero-order valence-electron chi connectivity index (χ0n) is 10.3. The zero-order valence-corrected chi connectivity index (χ0v) is 10.3. The van der Waals surface area contributed by atoms with Crippen LogP contribution in [0.2, 0.25) is 0 Å². The van der Waals surface area contributed by atoms with Gasteiger partial charge in [-0.25, -0.2) is 0 Å². The smallest absolute Gasteiger partial charge is 0.242 e. The molecule has 0 aliphatic heterocycles. The van der Waals surface area contributed by atoms with Crippen molar-refractivity contribution in [3.63, 3.8) is 0 Å². The first-order valence-electron chi connectivity index (χ1n) is 6.05. The van der Waals surface area contributed by atoms with E-state index in [1.165, 1.54) is 0 Å². The molecular formula is C13H18N2O2. The van der Waals surface area contributed by atoms with Crippen molar-refractivity contribution < 1.29 is 9.59 Å². The van der Waals surface area contributed by atoms with Crippen LogP contribution >= 0.6 is 0 Å². The number of rotatable bonds is 5. The molecule has 2 rings (SSSR count). The van der Waals surface area contributed by atoms with E-state index in [-0.39, 0.29) is 17.6 Å². The van der Waals surface area contributed by atoms with Gasteiger partial charge in [-0.2, -0.15) is 0 Å². The fourth-order valence-electron chi connectivity index (χ4n) is 1.72. The van der Waals surface area contributed by atoms with E-state index in [1.807, 2.05) is 6.92 Å². The molecule has 1 aromatic rings. The van der Waals surface area contributed by atoms with Crippen molar-refractivity contribution >= 4 is 11.7 Å². The Morgan fingerprint density at radius 3 is 2.76 bits per heavy atom. The summed E-state index contributed by atoms with van der Waals surface area (Å²) in [5, 5.41) is 0. The van der Waals surface area contributed by atoms with Crippen molar-refractivity contribution in [3.8, 4) is 0 Å². The number of nitrogens with zero attached hydrogens (tertiary/aromatic N) is 2. The molecule has 1 aliphatic carbocycles. The number of amides is 1. The van der Waals surface area contributed by atoms with E-state index in [9.17, 15) is 9.59 Å². The van der Waals surface area contributed by atoms with Gasteiger partial charge in [-0.3, -0.25) is 9.59 Å². The quantitative estimate of drug-likeness (QED) is 0.725. The van der Waals surface area contributed by atoms with Crippen LogP contribution in [0.4, 0.5) is 0 Å². The molecule has 0 N–H and O–H groups in total. The monoisotopic (exact) mass is 234 g/mol. The lowest BCUT2D eigenvalue weighted by Crippen LogP contribution is -2.29. The summed E-state index contributed by atoms with van der Waals surface area (Å²) >= 11 is 0. The molecule has 4 heteroatoms. The van der Waals surface area contributed by atoms with Gasteiger partial charge in [-0.15, -0.1) is 0 Å². The SMILES string of the molecule is CCN(C)C(=O)Cn1ccc(C(=O)C2CC2)c1. The highest BCUT2D eigenvalue weighted by Crippen LogP contribution is 2.32. The van der Waals surface area contributed by atoms with Crippen LogP contribution in [0.5, 0.6) is 0 Å². The van der Waals surface area contributed by atoms with Crippen LogP contribution in [0.3, 0.4) is 0 Å². The van der Waals surface area contributed by atoms with Crippen molar-refractivity contribution in [1.29, 1.82) is 0 Å². The molecule has 1 saturated carbocycles. The first kappa shape index (κ1) is 11.9. The fraction of sp³-hybridized carbons (Fsp3) is 0.538. The Balaban J connectivity index is 1.98. The van der Waals surface area contributed by atoms with Gasteiger partial charge in [0.2, 0.25) is 5.91 Å². The molecule has 0 radical (unpaired) electrons. The van der Waals surface area contributed by atoms with E-state index in [4.69, 9.17) is 0 Å². The van der Waals surface area contributed by atoms with Crippen molar-refractivity contribution in [2.24, 2.45) is 5.92 Å². The second-order valence-corrected chi connectivity index (χ2v) is 4.62. The maximum absolute atomic E-state index is 11.8. The van der Waals surface area contributed by atoms with Crippen molar-refractivity contribution in [1.82, 2.24) is 9.47 Å². The number of ketones is 1. The second-order valence-electron chi connectivity index (χ2n) is 4.62. The summed E-state index contributed by atoms with van der Waals surface area (Å²) in [6, 6.07) is 1.81. The maximum Gasteiger partial charge on any atom is 0.242 e. The number of hydrogen-bond donors (Lipinski definition) is 0. The average Bonchev–Trinajstić information content (AvgIpc) is 3.08. The van der Waals surface area contributed by atoms with E-state index in [1.54, 1.807) is 35.0 Å².